The summed E-state index contributed by atoms with van der Waals surface area (Å²) in [6, 6.07) is 3.57. The minimum atomic E-state index is -0.0110. The highest BCUT2D eigenvalue weighted by Gasteiger charge is 2.32. The van der Waals surface area contributed by atoms with E-state index < -0.39 is 0 Å². The first-order chi connectivity index (χ1) is 13.4. The Morgan fingerprint density at radius 3 is 2.64 bits per heavy atom. The van der Waals surface area contributed by atoms with Crippen LogP contribution in [0.15, 0.2) is 24.8 Å². The van der Waals surface area contributed by atoms with Crippen LogP contribution >= 0.6 is 11.6 Å². The first kappa shape index (κ1) is 20.5. The van der Waals surface area contributed by atoms with Crippen LogP contribution < -0.4 is 5.32 Å². The summed E-state index contributed by atoms with van der Waals surface area (Å²) in [7, 11) is 0. The van der Waals surface area contributed by atoms with Gasteiger partial charge >= 0.3 is 0 Å². The second-order valence-electron chi connectivity index (χ2n) is 7.32. The maximum Gasteiger partial charge on any atom is 0.246 e. The van der Waals surface area contributed by atoms with E-state index in [-0.39, 0.29) is 24.1 Å². The maximum absolute atomic E-state index is 12.5. The second-order valence-corrected chi connectivity index (χ2v) is 7.73. The van der Waals surface area contributed by atoms with Crippen LogP contribution in [0.5, 0.6) is 5.75 Å². The number of phenols is 1. The molecule has 0 aromatic heterocycles. The van der Waals surface area contributed by atoms with E-state index in [9.17, 15) is 14.7 Å². The zero-order chi connectivity index (χ0) is 20.3. The average Bonchev–Trinajstić information content (AvgIpc) is 3.19. The van der Waals surface area contributed by atoms with Crippen LogP contribution in [-0.4, -0.2) is 83.5 Å². The topological polar surface area (TPSA) is 76.1 Å². The molecular formula is C20H27ClN4O3. The highest BCUT2D eigenvalue weighted by Crippen LogP contribution is 2.29. The van der Waals surface area contributed by atoms with Crippen LogP contribution in [0.3, 0.4) is 0 Å². The smallest absolute Gasteiger partial charge is 0.246 e. The van der Waals surface area contributed by atoms with Crippen molar-refractivity contribution in [2.75, 3.05) is 51.1 Å². The molecule has 2 amide bonds. The highest BCUT2D eigenvalue weighted by atomic mass is 35.5. The molecule has 2 fully saturated rings. The first-order valence-electron chi connectivity index (χ1n) is 9.55. The molecule has 0 spiro atoms. The van der Waals surface area contributed by atoms with Gasteiger partial charge in [0.1, 0.15) is 5.75 Å². The lowest BCUT2D eigenvalue weighted by molar-refractivity contribution is -0.131. The van der Waals surface area contributed by atoms with E-state index in [1.165, 1.54) is 12.1 Å². The summed E-state index contributed by atoms with van der Waals surface area (Å²) >= 11 is 5.98. The Labute approximate surface area is 170 Å². The van der Waals surface area contributed by atoms with E-state index >= 15 is 0 Å². The van der Waals surface area contributed by atoms with Gasteiger partial charge in [-0.15, -0.1) is 0 Å². The summed E-state index contributed by atoms with van der Waals surface area (Å²) in [6.07, 6.45) is 2.33. The van der Waals surface area contributed by atoms with Crippen LogP contribution in [0.4, 0.5) is 5.69 Å². The number of carbonyl (C=O) groups is 2. The predicted octanol–water partition coefficient (Wildman–Crippen LogP) is 1.70. The number of aryl methyl sites for hydroxylation is 1. The zero-order valence-electron chi connectivity index (χ0n) is 16.2. The van der Waals surface area contributed by atoms with Crippen molar-refractivity contribution in [3.8, 4) is 5.75 Å². The van der Waals surface area contributed by atoms with Crippen LogP contribution in [0.2, 0.25) is 5.02 Å². The van der Waals surface area contributed by atoms with Gasteiger partial charge in [0.2, 0.25) is 11.8 Å². The van der Waals surface area contributed by atoms with Gasteiger partial charge in [0, 0.05) is 56.4 Å². The molecule has 7 nitrogen and oxygen atoms in total. The van der Waals surface area contributed by atoms with Crippen molar-refractivity contribution >= 4 is 29.1 Å². The minimum Gasteiger partial charge on any atom is -0.506 e. The molecule has 0 bridgehead atoms. The van der Waals surface area contributed by atoms with Crippen molar-refractivity contribution in [1.29, 1.82) is 0 Å². The summed E-state index contributed by atoms with van der Waals surface area (Å²) in [4.78, 5) is 30.3. The highest BCUT2D eigenvalue weighted by molar-refractivity contribution is 6.31. The van der Waals surface area contributed by atoms with Gasteiger partial charge in [-0.25, -0.2) is 0 Å². The van der Waals surface area contributed by atoms with Crippen molar-refractivity contribution < 1.29 is 14.7 Å². The number of amides is 2. The lowest BCUT2D eigenvalue weighted by Gasteiger charge is -2.38. The van der Waals surface area contributed by atoms with Crippen molar-refractivity contribution in [1.82, 2.24) is 14.7 Å². The molecule has 1 aromatic rings. The Morgan fingerprint density at radius 2 is 1.96 bits per heavy atom. The molecule has 2 aliphatic rings. The lowest BCUT2D eigenvalue weighted by Crippen LogP contribution is -2.53. The zero-order valence-corrected chi connectivity index (χ0v) is 16.9. The summed E-state index contributed by atoms with van der Waals surface area (Å²) in [5.41, 5.74) is 1.34. The number of likely N-dealkylation sites (tertiary alicyclic amines) is 1. The van der Waals surface area contributed by atoms with Gasteiger partial charge in [0.25, 0.3) is 0 Å². The Hall–Kier alpha value is -2.25. The normalized spacial score (nSPS) is 20.3. The third-order valence-corrected chi connectivity index (χ3v) is 5.95. The van der Waals surface area contributed by atoms with Gasteiger partial charge in [-0.2, -0.15) is 0 Å². The third-order valence-electron chi connectivity index (χ3n) is 5.54. The number of aromatic hydroxyl groups is 1. The number of hydrogen-bond donors (Lipinski definition) is 2. The molecule has 2 N–H and O–H groups in total. The summed E-state index contributed by atoms with van der Waals surface area (Å²) in [6.45, 7) is 9.96. The van der Waals surface area contributed by atoms with Crippen molar-refractivity contribution in [3.05, 3.63) is 35.4 Å². The van der Waals surface area contributed by atoms with E-state index in [0.29, 0.717) is 29.8 Å². The minimum absolute atomic E-state index is 0.00142. The molecular weight excluding hydrogens is 380 g/mol. The molecule has 0 saturated carbocycles. The number of phenolic OH excluding ortho intramolecular Hbond substituents is 1. The largest absolute Gasteiger partial charge is 0.506 e. The number of halogens is 1. The van der Waals surface area contributed by atoms with Gasteiger partial charge in [-0.1, -0.05) is 18.2 Å². The molecule has 0 aliphatic carbocycles. The summed E-state index contributed by atoms with van der Waals surface area (Å²) in [5.74, 6) is 0.0256. The Bertz CT molecular complexity index is 762. The van der Waals surface area contributed by atoms with E-state index in [0.717, 1.165) is 38.2 Å². The average molecular weight is 407 g/mol. The quantitative estimate of drug-likeness (QED) is 0.575. The molecule has 2 saturated heterocycles. The predicted molar refractivity (Wildman–Crippen MR) is 110 cm³/mol. The molecule has 1 aromatic carbocycles. The fraction of sp³-hybridized carbons (Fsp3) is 0.500. The van der Waals surface area contributed by atoms with E-state index in [4.69, 9.17) is 11.6 Å². The Balaban J connectivity index is 1.46. The second kappa shape index (κ2) is 8.84. The molecule has 3 rings (SSSR count). The third kappa shape index (κ3) is 4.59. The Morgan fingerprint density at radius 1 is 1.25 bits per heavy atom. The van der Waals surface area contributed by atoms with Gasteiger partial charge in [0.05, 0.1) is 12.2 Å². The van der Waals surface area contributed by atoms with Crippen LogP contribution in [0.1, 0.15) is 12.0 Å². The summed E-state index contributed by atoms with van der Waals surface area (Å²) < 4.78 is 0. The number of hydrogen-bond acceptors (Lipinski definition) is 5. The number of piperazine rings is 1. The van der Waals surface area contributed by atoms with E-state index in [1.807, 2.05) is 16.7 Å². The summed E-state index contributed by atoms with van der Waals surface area (Å²) in [5, 5.41) is 13.5. The maximum atomic E-state index is 12.5. The molecule has 152 valence electrons. The number of carbonyl (C=O) groups excluding carboxylic acids is 2. The first-order valence-corrected chi connectivity index (χ1v) is 9.93. The van der Waals surface area contributed by atoms with E-state index in [2.05, 4.69) is 16.8 Å². The lowest BCUT2D eigenvalue weighted by atomic mass is 10.2. The molecule has 1 unspecified atom stereocenters. The monoisotopic (exact) mass is 406 g/mol. The molecule has 0 radical (unpaired) electrons. The van der Waals surface area contributed by atoms with Crippen LogP contribution in [0, 0.1) is 6.92 Å². The van der Waals surface area contributed by atoms with Gasteiger partial charge in [0.15, 0.2) is 0 Å². The number of benzene rings is 1. The molecule has 8 heteroatoms. The SMILES string of the molecule is C=CC(=O)N1CCC(N2CCN(C(=O)CNc3cc(C)c(Cl)cc3O)CC2)C1. The molecule has 1 atom stereocenters. The van der Waals surface area contributed by atoms with Gasteiger partial charge < -0.3 is 20.2 Å². The number of nitrogens with one attached hydrogen (secondary N) is 1. The fourth-order valence-corrected chi connectivity index (χ4v) is 3.96. The molecule has 28 heavy (non-hydrogen) atoms. The molecule has 2 aliphatic heterocycles. The van der Waals surface area contributed by atoms with Crippen molar-refractivity contribution in [2.45, 2.75) is 19.4 Å². The number of rotatable bonds is 5. The number of anilines is 1. The van der Waals surface area contributed by atoms with Crippen molar-refractivity contribution in [3.63, 3.8) is 0 Å². The molecule has 2 heterocycles. The van der Waals surface area contributed by atoms with Crippen molar-refractivity contribution in [2.24, 2.45) is 0 Å². The van der Waals surface area contributed by atoms with Gasteiger partial charge in [-0.05, 0) is 31.1 Å². The van der Waals surface area contributed by atoms with Crippen LogP contribution in [0.25, 0.3) is 0 Å². The van der Waals surface area contributed by atoms with E-state index in [1.54, 1.807) is 6.07 Å². The Kier molecular flexibility index (Phi) is 6.46. The van der Waals surface area contributed by atoms with Crippen LogP contribution in [-0.2, 0) is 9.59 Å². The van der Waals surface area contributed by atoms with Gasteiger partial charge in [-0.3, -0.25) is 14.5 Å². The number of nitrogens with zero attached hydrogens (tertiary/aromatic N) is 3. The standard InChI is InChI=1S/C20H27ClN4O3/c1-3-19(27)25-5-4-15(13-25)23-6-8-24(9-7-23)20(28)12-22-17-10-14(2)16(21)11-18(17)26/h3,10-11,15,22,26H,1,4-9,12-13H2,2H3. The fourth-order valence-electron chi connectivity index (χ4n) is 3.80.